The lowest BCUT2D eigenvalue weighted by Crippen LogP contribution is -2.36. The van der Waals surface area contributed by atoms with E-state index in [1.807, 2.05) is 24.3 Å². The summed E-state index contributed by atoms with van der Waals surface area (Å²) in [5, 5.41) is 2.96. The Labute approximate surface area is 121 Å². The summed E-state index contributed by atoms with van der Waals surface area (Å²) in [6.45, 7) is 5.27. The molecule has 4 heteroatoms. The molecule has 1 N–H and O–H groups in total. The van der Waals surface area contributed by atoms with Crippen LogP contribution in [0.1, 0.15) is 32.6 Å². The number of nitrogens with zero attached hydrogens (tertiary/aromatic N) is 1. The molecule has 20 heavy (non-hydrogen) atoms. The van der Waals surface area contributed by atoms with Crippen LogP contribution in [0.25, 0.3) is 0 Å². The van der Waals surface area contributed by atoms with Gasteiger partial charge in [0.05, 0.1) is 18.8 Å². The second-order valence-corrected chi connectivity index (χ2v) is 5.23. The van der Waals surface area contributed by atoms with Crippen molar-refractivity contribution in [2.45, 2.75) is 32.6 Å². The predicted molar refractivity (Wildman–Crippen MR) is 81.1 cm³/mol. The Morgan fingerprint density at radius 3 is 2.75 bits per heavy atom. The van der Waals surface area contributed by atoms with Crippen molar-refractivity contribution in [2.24, 2.45) is 0 Å². The monoisotopic (exact) mass is 276 g/mol. The van der Waals surface area contributed by atoms with E-state index in [0.717, 1.165) is 30.9 Å². The fraction of sp³-hybridized carbons (Fsp3) is 0.562. The first-order valence-corrected chi connectivity index (χ1v) is 7.53. The zero-order valence-electron chi connectivity index (χ0n) is 12.2. The van der Waals surface area contributed by atoms with Gasteiger partial charge in [0.1, 0.15) is 5.75 Å². The molecule has 1 saturated heterocycles. The summed E-state index contributed by atoms with van der Waals surface area (Å²) >= 11 is 0. The predicted octanol–water partition coefficient (Wildman–Crippen LogP) is 2.90. The summed E-state index contributed by atoms with van der Waals surface area (Å²) in [4.78, 5) is 14.3. The van der Waals surface area contributed by atoms with Gasteiger partial charge in [0.25, 0.3) is 0 Å². The molecule has 0 spiro atoms. The van der Waals surface area contributed by atoms with Gasteiger partial charge in [-0.25, -0.2) is 0 Å². The molecule has 1 aliphatic rings. The van der Waals surface area contributed by atoms with Crippen LogP contribution in [0, 0.1) is 0 Å². The number of carbonyl (C=O) groups excluding carboxylic acids is 1. The number of nitrogens with one attached hydrogen (secondary N) is 1. The Balaban J connectivity index is 1.89. The van der Waals surface area contributed by atoms with Crippen LogP contribution in [0.15, 0.2) is 24.3 Å². The van der Waals surface area contributed by atoms with Crippen molar-refractivity contribution in [3.05, 3.63) is 24.3 Å². The molecule has 0 saturated carbocycles. The number of ether oxygens (including phenoxy) is 1. The average Bonchev–Trinajstić information content (AvgIpc) is 2.47. The normalized spacial score (nSPS) is 15.8. The van der Waals surface area contributed by atoms with Crippen LogP contribution >= 0.6 is 0 Å². The van der Waals surface area contributed by atoms with E-state index < -0.39 is 0 Å². The molecule has 0 unspecified atom stereocenters. The number of rotatable bonds is 6. The van der Waals surface area contributed by atoms with E-state index in [1.54, 1.807) is 0 Å². The molecule has 0 atom stereocenters. The number of benzene rings is 1. The Kier molecular flexibility index (Phi) is 5.87. The fourth-order valence-electron chi connectivity index (χ4n) is 2.42. The number of carbonyl (C=O) groups is 1. The minimum Gasteiger partial charge on any atom is -0.491 e. The molecule has 2 rings (SSSR count). The maximum absolute atomic E-state index is 12.1. The summed E-state index contributed by atoms with van der Waals surface area (Å²) in [5.74, 6) is 0.792. The molecule has 1 fully saturated rings. The lowest BCUT2D eigenvalue weighted by Gasteiger charge is -2.25. The van der Waals surface area contributed by atoms with Crippen LogP contribution in [0.5, 0.6) is 5.75 Å². The SMILES string of the molecule is CCCOc1ccccc1NC(=O)CN1CCCCC1. The Bertz CT molecular complexity index is 428. The molecule has 1 heterocycles. The summed E-state index contributed by atoms with van der Waals surface area (Å²) in [6.07, 6.45) is 4.63. The van der Waals surface area contributed by atoms with Crippen molar-refractivity contribution in [1.29, 1.82) is 0 Å². The lowest BCUT2D eigenvalue weighted by molar-refractivity contribution is -0.117. The van der Waals surface area contributed by atoms with Crippen molar-refractivity contribution in [2.75, 3.05) is 31.6 Å². The summed E-state index contributed by atoms with van der Waals surface area (Å²) < 4.78 is 5.65. The molecule has 1 aromatic carbocycles. The van der Waals surface area contributed by atoms with Gasteiger partial charge in [-0.1, -0.05) is 25.5 Å². The highest BCUT2D eigenvalue weighted by atomic mass is 16.5. The third kappa shape index (κ3) is 4.53. The molecular weight excluding hydrogens is 252 g/mol. The number of hydrogen-bond acceptors (Lipinski definition) is 3. The van der Waals surface area contributed by atoms with E-state index in [1.165, 1.54) is 19.3 Å². The first-order valence-electron chi connectivity index (χ1n) is 7.53. The third-order valence-corrected chi connectivity index (χ3v) is 3.44. The molecule has 1 aliphatic heterocycles. The second kappa shape index (κ2) is 7.90. The molecule has 1 aromatic rings. The third-order valence-electron chi connectivity index (χ3n) is 3.44. The molecule has 0 bridgehead atoms. The van der Waals surface area contributed by atoms with E-state index in [0.29, 0.717) is 13.2 Å². The second-order valence-electron chi connectivity index (χ2n) is 5.23. The van der Waals surface area contributed by atoms with Crippen molar-refractivity contribution < 1.29 is 9.53 Å². The van der Waals surface area contributed by atoms with Crippen molar-refractivity contribution >= 4 is 11.6 Å². The molecule has 0 aromatic heterocycles. The first-order chi connectivity index (χ1) is 9.79. The smallest absolute Gasteiger partial charge is 0.238 e. The highest BCUT2D eigenvalue weighted by molar-refractivity contribution is 5.93. The van der Waals surface area contributed by atoms with Gasteiger partial charge < -0.3 is 10.1 Å². The highest BCUT2D eigenvalue weighted by Crippen LogP contribution is 2.23. The van der Waals surface area contributed by atoms with E-state index in [4.69, 9.17) is 4.74 Å². The lowest BCUT2D eigenvalue weighted by atomic mass is 10.1. The topological polar surface area (TPSA) is 41.6 Å². The Morgan fingerprint density at radius 1 is 1.25 bits per heavy atom. The Hall–Kier alpha value is -1.55. The van der Waals surface area contributed by atoms with Crippen LogP contribution in [0.3, 0.4) is 0 Å². The van der Waals surface area contributed by atoms with E-state index in [2.05, 4.69) is 17.1 Å². The largest absolute Gasteiger partial charge is 0.491 e. The first kappa shape index (κ1) is 14.9. The number of piperidine rings is 1. The van der Waals surface area contributed by atoms with Crippen LogP contribution in [0.4, 0.5) is 5.69 Å². The standard InChI is InChI=1S/C16H24N2O2/c1-2-12-20-15-9-5-4-8-14(15)17-16(19)13-18-10-6-3-7-11-18/h4-5,8-9H,2-3,6-7,10-13H2,1H3,(H,17,19). The van der Waals surface area contributed by atoms with Crippen molar-refractivity contribution in [3.63, 3.8) is 0 Å². The van der Waals surface area contributed by atoms with Crippen LogP contribution in [0.2, 0.25) is 0 Å². The number of likely N-dealkylation sites (tertiary alicyclic amines) is 1. The average molecular weight is 276 g/mol. The number of amides is 1. The van der Waals surface area contributed by atoms with E-state index >= 15 is 0 Å². The van der Waals surface area contributed by atoms with Crippen LogP contribution in [-0.2, 0) is 4.79 Å². The van der Waals surface area contributed by atoms with Crippen LogP contribution in [-0.4, -0.2) is 37.0 Å². The number of hydrogen-bond donors (Lipinski definition) is 1. The molecular formula is C16H24N2O2. The zero-order chi connectivity index (χ0) is 14.2. The molecule has 110 valence electrons. The minimum absolute atomic E-state index is 0.0412. The molecule has 0 aliphatic carbocycles. The van der Waals surface area contributed by atoms with Crippen molar-refractivity contribution in [3.8, 4) is 5.75 Å². The van der Waals surface area contributed by atoms with Gasteiger partial charge in [-0.3, -0.25) is 9.69 Å². The van der Waals surface area contributed by atoms with Gasteiger partial charge in [0.15, 0.2) is 0 Å². The number of para-hydroxylation sites is 2. The van der Waals surface area contributed by atoms with Gasteiger partial charge >= 0.3 is 0 Å². The van der Waals surface area contributed by atoms with Gasteiger partial charge in [-0.2, -0.15) is 0 Å². The van der Waals surface area contributed by atoms with Gasteiger partial charge in [-0.15, -0.1) is 0 Å². The maximum atomic E-state index is 12.1. The molecule has 1 amide bonds. The van der Waals surface area contributed by atoms with Gasteiger partial charge in [0.2, 0.25) is 5.91 Å². The maximum Gasteiger partial charge on any atom is 0.238 e. The van der Waals surface area contributed by atoms with E-state index in [9.17, 15) is 4.79 Å². The summed E-state index contributed by atoms with van der Waals surface area (Å²) in [5.41, 5.74) is 0.767. The van der Waals surface area contributed by atoms with Crippen LogP contribution < -0.4 is 10.1 Å². The Morgan fingerprint density at radius 2 is 2.00 bits per heavy atom. The fourth-order valence-corrected chi connectivity index (χ4v) is 2.42. The van der Waals surface area contributed by atoms with Gasteiger partial charge in [0, 0.05) is 0 Å². The zero-order valence-corrected chi connectivity index (χ0v) is 12.2. The molecule has 0 radical (unpaired) electrons. The summed E-state index contributed by atoms with van der Waals surface area (Å²) in [6, 6.07) is 7.62. The quantitative estimate of drug-likeness (QED) is 0.868. The number of anilines is 1. The van der Waals surface area contributed by atoms with E-state index in [-0.39, 0.29) is 5.91 Å². The highest BCUT2D eigenvalue weighted by Gasteiger charge is 2.14. The van der Waals surface area contributed by atoms with Gasteiger partial charge in [-0.05, 0) is 44.5 Å². The van der Waals surface area contributed by atoms with Crippen molar-refractivity contribution in [1.82, 2.24) is 4.90 Å². The minimum atomic E-state index is 0.0412. The molecule has 4 nitrogen and oxygen atoms in total. The summed E-state index contributed by atoms with van der Waals surface area (Å²) in [7, 11) is 0.